The Kier molecular flexibility index (Phi) is 7.55. The molecule has 0 heterocycles. The Balaban J connectivity index is 4.05. The van der Waals surface area contributed by atoms with Crippen LogP contribution in [0, 0.1) is 5.92 Å². The average molecular weight is 273 g/mol. The van der Waals surface area contributed by atoms with Gasteiger partial charge in [0.15, 0.2) is 0 Å². The van der Waals surface area contributed by atoms with Gasteiger partial charge in [-0.15, -0.1) is 0 Å². The van der Waals surface area contributed by atoms with Gasteiger partial charge in [-0.3, -0.25) is 9.59 Å². The summed E-state index contributed by atoms with van der Waals surface area (Å²) in [5, 5.41) is 13.8. The molecule has 1 unspecified atom stereocenters. The average Bonchev–Trinajstić information content (AvgIpc) is 2.24. The number of nitrogens with zero attached hydrogens (tertiary/aromatic N) is 1. The molecule has 0 saturated carbocycles. The lowest BCUT2D eigenvalue weighted by Gasteiger charge is -2.20. The molecule has 0 saturated heterocycles. The van der Waals surface area contributed by atoms with E-state index in [1.165, 1.54) is 11.9 Å². The Labute approximate surface area is 113 Å². The van der Waals surface area contributed by atoms with Crippen LogP contribution in [0.2, 0.25) is 0 Å². The van der Waals surface area contributed by atoms with Crippen molar-refractivity contribution in [2.24, 2.45) is 5.92 Å². The van der Waals surface area contributed by atoms with E-state index in [-0.39, 0.29) is 18.9 Å². The van der Waals surface area contributed by atoms with Crippen LogP contribution in [0.25, 0.3) is 0 Å². The summed E-state index contributed by atoms with van der Waals surface area (Å²) in [6.07, 6.45) is -0.154. The maximum atomic E-state index is 11.7. The van der Waals surface area contributed by atoms with Crippen LogP contribution in [0.1, 0.15) is 27.2 Å². The predicted molar refractivity (Wildman–Crippen MR) is 70.7 cm³/mol. The molecule has 0 fully saturated rings. The minimum atomic E-state index is -0.981. The molecule has 3 amide bonds. The van der Waals surface area contributed by atoms with Crippen LogP contribution in [0.3, 0.4) is 0 Å². The van der Waals surface area contributed by atoms with Crippen molar-refractivity contribution in [1.29, 1.82) is 0 Å². The highest BCUT2D eigenvalue weighted by molar-refractivity contribution is 5.84. The molecule has 0 aromatic heterocycles. The number of aliphatic carboxylic acids is 1. The molecule has 0 aromatic carbocycles. The number of rotatable bonds is 7. The van der Waals surface area contributed by atoms with Crippen LogP contribution in [0.5, 0.6) is 0 Å². The lowest BCUT2D eigenvalue weighted by Crippen LogP contribution is -2.46. The fourth-order valence-electron chi connectivity index (χ4n) is 1.30. The first-order valence-corrected chi connectivity index (χ1v) is 6.22. The monoisotopic (exact) mass is 273 g/mol. The molecule has 3 N–H and O–H groups in total. The van der Waals surface area contributed by atoms with Gasteiger partial charge in [0.25, 0.3) is 0 Å². The van der Waals surface area contributed by atoms with Crippen molar-refractivity contribution in [2.75, 3.05) is 20.1 Å². The molecule has 0 aliphatic heterocycles. The maximum absolute atomic E-state index is 11.7. The van der Waals surface area contributed by atoms with Gasteiger partial charge in [0.1, 0.15) is 6.54 Å². The van der Waals surface area contributed by atoms with Crippen LogP contribution in [0.15, 0.2) is 0 Å². The molecule has 0 aliphatic carbocycles. The quantitative estimate of drug-likeness (QED) is 0.619. The van der Waals surface area contributed by atoms with Crippen molar-refractivity contribution < 1.29 is 19.5 Å². The van der Waals surface area contributed by atoms with Crippen LogP contribution in [-0.4, -0.2) is 54.1 Å². The Hall–Kier alpha value is -1.79. The topological polar surface area (TPSA) is 98.7 Å². The summed E-state index contributed by atoms with van der Waals surface area (Å²) in [7, 11) is 1.48. The Morgan fingerprint density at radius 2 is 1.79 bits per heavy atom. The van der Waals surface area contributed by atoms with Crippen molar-refractivity contribution in [3.63, 3.8) is 0 Å². The molecule has 7 heteroatoms. The zero-order chi connectivity index (χ0) is 15.0. The molecule has 7 nitrogen and oxygen atoms in total. The zero-order valence-corrected chi connectivity index (χ0v) is 11.9. The molecule has 0 aromatic rings. The van der Waals surface area contributed by atoms with E-state index in [1.54, 1.807) is 6.92 Å². The van der Waals surface area contributed by atoms with E-state index < -0.39 is 18.0 Å². The number of carboxylic acids is 1. The van der Waals surface area contributed by atoms with E-state index in [9.17, 15) is 14.4 Å². The van der Waals surface area contributed by atoms with Gasteiger partial charge in [0.05, 0.1) is 6.42 Å². The number of hydrogen-bond donors (Lipinski definition) is 3. The molecule has 0 radical (unpaired) electrons. The maximum Gasteiger partial charge on any atom is 0.317 e. The second kappa shape index (κ2) is 8.34. The number of amides is 3. The SMILES string of the molecule is CC(C)CNC(=O)CN(C)C(=O)NC(C)CC(=O)O. The van der Waals surface area contributed by atoms with E-state index in [0.29, 0.717) is 12.5 Å². The molecular weight excluding hydrogens is 250 g/mol. The Bertz CT molecular complexity index is 331. The summed E-state index contributed by atoms with van der Waals surface area (Å²) >= 11 is 0. The molecular formula is C12H23N3O4. The van der Waals surface area contributed by atoms with Crippen LogP contribution >= 0.6 is 0 Å². The third kappa shape index (κ3) is 8.87. The van der Waals surface area contributed by atoms with Crippen molar-refractivity contribution in [3.05, 3.63) is 0 Å². The van der Waals surface area contributed by atoms with Crippen molar-refractivity contribution in [3.8, 4) is 0 Å². The molecule has 0 spiro atoms. The summed E-state index contributed by atoms with van der Waals surface area (Å²) in [6, 6.07) is -0.945. The number of nitrogens with one attached hydrogen (secondary N) is 2. The number of hydrogen-bond acceptors (Lipinski definition) is 3. The standard InChI is InChI=1S/C12H23N3O4/c1-8(2)6-13-10(16)7-15(4)12(19)14-9(3)5-11(17)18/h8-9H,5-7H2,1-4H3,(H,13,16)(H,14,19)(H,17,18). The van der Waals surface area contributed by atoms with Crippen LogP contribution in [-0.2, 0) is 9.59 Å². The van der Waals surface area contributed by atoms with Gasteiger partial charge in [-0.2, -0.15) is 0 Å². The fraction of sp³-hybridized carbons (Fsp3) is 0.750. The number of carboxylic acid groups (broad SMARTS) is 1. The fourth-order valence-corrected chi connectivity index (χ4v) is 1.30. The predicted octanol–water partition coefficient (Wildman–Crippen LogP) is 0.263. The molecule has 1 atom stereocenters. The summed E-state index contributed by atoms with van der Waals surface area (Å²) < 4.78 is 0. The minimum absolute atomic E-state index is 0.0572. The summed E-state index contributed by atoms with van der Waals surface area (Å²) in [4.78, 5) is 34.8. The summed E-state index contributed by atoms with van der Waals surface area (Å²) in [5.41, 5.74) is 0. The number of likely N-dealkylation sites (N-methyl/N-ethyl adjacent to an activating group) is 1. The smallest absolute Gasteiger partial charge is 0.317 e. The van der Waals surface area contributed by atoms with Gasteiger partial charge < -0.3 is 20.6 Å². The third-order valence-corrected chi connectivity index (χ3v) is 2.29. The number of carbonyl (C=O) groups is 3. The third-order valence-electron chi connectivity index (χ3n) is 2.29. The molecule has 0 aliphatic rings. The Morgan fingerprint density at radius 1 is 1.21 bits per heavy atom. The second-order valence-electron chi connectivity index (χ2n) is 5.00. The highest BCUT2D eigenvalue weighted by atomic mass is 16.4. The minimum Gasteiger partial charge on any atom is -0.481 e. The summed E-state index contributed by atoms with van der Waals surface area (Å²) in [5.74, 6) is -0.874. The van der Waals surface area contributed by atoms with Gasteiger partial charge in [0.2, 0.25) is 5.91 Å². The first kappa shape index (κ1) is 17.2. The lowest BCUT2D eigenvalue weighted by atomic mass is 10.2. The highest BCUT2D eigenvalue weighted by Crippen LogP contribution is 1.93. The van der Waals surface area contributed by atoms with Gasteiger partial charge in [-0.25, -0.2) is 4.79 Å². The van der Waals surface area contributed by atoms with Gasteiger partial charge in [0, 0.05) is 19.6 Å². The molecule has 110 valence electrons. The van der Waals surface area contributed by atoms with E-state index in [4.69, 9.17) is 5.11 Å². The van der Waals surface area contributed by atoms with Crippen molar-refractivity contribution >= 4 is 17.9 Å². The van der Waals surface area contributed by atoms with E-state index in [0.717, 1.165) is 0 Å². The van der Waals surface area contributed by atoms with E-state index >= 15 is 0 Å². The largest absolute Gasteiger partial charge is 0.481 e. The zero-order valence-electron chi connectivity index (χ0n) is 11.9. The van der Waals surface area contributed by atoms with Gasteiger partial charge >= 0.3 is 12.0 Å². The normalized spacial score (nSPS) is 11.8. The van der Waals surface area contributed by atoms with Gasteiger partial charge in [-0.1, -0.05) is 13.8 Å². The van der Waals surface area contributed by atoms with E-state index in [1.807, 2.05) is 13.8 Å². The molecule has 0 bridgehead atoms. The Morgan fingerprint density at radius 3 is 2.26 bits per heavy atom. The van der Waals surface area contributed by atoms with Gasteiger partial charge in [-0.05, 0) is 12.8 Å². The molecule has 0 rings (SSSR count). The highest BCUT2D eigenvalue weighted by Gasteiger charge is 2.16. The second-order valence-corrected chi connectivity index (χ2v) is 5.00. The lowest BCUT2D eigenvalue weighted by molar-refractivity contribution is -0.137. The first-order chi connectivity index (χ1) is 8.72. The van der Waals surface area contributed by atoms with E-state index in [2.05, 4.69) is 10.6 Å². The molecule has 19 heavy (non-hydrogen) atoms. The van der Waals surface area contributed by atoms with Crippen LogP contribution < -0.4 is 10.6 Å². The van der Waals surface area contributed by atoms with Crippen LogP contribution in [0.4, 0.5) is 4.79 Å². The van der Waals surface area contributed by atoms with Crippen molar-refractivity contribution in [2.45, 2.75) is 33.2 Å². The number of carbonyl (C=O) groups excluding carboxylic acids is 2. The summed E-state index contributed by atoms with van der Waals surface area (Å²) in [6.45, 7) is 6.05. The number of urea groups is 1. The first-order valence-electron chi connectivity index (χ1n) is 6.22. The van der Waals surface area contributed by atoms with Crippen molar-refractivity contribution in [1.82, 2.24) is 15.5 Å².